The van der Waals surface area contributed by atoms with E-state index in [1.165, 1.54) is 5.56 Å². The Bertz CT molecular complexity index is 883. The lowest BCUT2D eigenvalue weighted by atomic mass is 10.0. The summed E-state index contributed by atoms with van der Waals surface area (Å²) in [5.41, 5.74) is 2.75. The molecule has 1 amide bonds. The number of aryl methyl sites for hydroxylation is 1. The van der Waals surface area contributed by atoms with Gasteiger partial charge in [-0.3, -0.25) is 4.79 Å². The highest BCUT2D eigenvalue weighted by Gasteiger charge is 2.27. The average Bonchev–Trinajstić information content (AvgIpc) is 2.59. The van der Waals surface area contributed by atoms with E-state index in [0.29, 0.717) is 18.0 Å². The molecule has 1 aromatic carbocycles. The minimum Gasteiger partial charge on any atom is -0.335 e. The van der Waals surface area contributed by atoms with Gasteiger partial charge in [0.05, 0.1) is 17.4 Å². The Balaban J connectivity index is 1.78. The van der Waals surface area contributed by atoms with Crippen LogP contribution in [0.5, 0.6) is 0 Å². The monoisotopic (exact) mass is 359 g/mol. The topological polar surface area (TPSA) is 70.1 Å². The van der Waals surface area contributed by atoms with E-state index in [1.54, 1.807) is 35.2 Å². The van der Waals surface area contributed by atoms with Crippen molar-refractivity contribution < 1.29 is 13.2 Å². The van der Waals surface area contributed by atoms with E-state index in [1.807, 2.05) is 38.1 Å². The second kappa shape index (κ2) is 6.48. The Kier molecular flexibility index (Phi) is 4.51. The predicted octanol–water partition coefficient (Wildman–Crippen LogP) is 2.01. The van der Waals surface area contributed by atoms with E-state index in [9.17, 15) is 13.2 Å². The molecule has 0 radical (unpaired) electrons. The highest BCUT2D eigenvalue weighted by atomic mass is 32.2. The first-order valence-corrected chi connectivity index (χ1v) is 9.71. The SMILES string of the molecule is Cc1ccc(C(C)N(C)C(=O)C2=CN3CCS(=O)(=O)N=C3C=C2)cc1. The summed E-state index contributed by atoms with van der Waals surface area (Å²) in [5.74, 6) is 0.201. The molecule has 2 aliphatic heterocycles. The zero-order chi connectivity index (χ0) is 18.2. The molecule has 0 saturated heterocycles. The van der Waals surface area contributed by atoms with Gasteiger partial charge in [-0.1, -0.05) is 29.8 Å². The van der Waals surface area contributed by atoms with Crippen molar-refractivity contribution in [1.29, 1.82) is 0 Å². The van der Waals surface area contributed by atoms with E-state index in [4.69, 9.17) is 0 Å². The van der Waals surface area contributed by atoms with Crippen LogP contribution in [-0.2, 0) is 14.8 Å². The van der Waals surface area contributed by atoms with Crippen LogP contribution < -0.4 is 0 Å². The molecule has 0 aromatic heterocycles. The number of hydrogen-bond donors (Lipinski definition) is 0. The van der Waals surface area contributed by atoms with Gasteiger partial charge in [-0.05, 0) is 31.6 Å². The molecule has 0 bridgehead atoms. The summed E-state index contributed by atoms with van der Waals surface area (Å²) in [5, 5.41) is 0. The van der Waals surface area contributed by atoms with E-state index in [2.05, 4.69) is 4.40 Å². The summed E-state index contributed by atoms with van der Waals surface area (Å²) in [6.07, 6.45) is 4.87. The third-order valence-electron chi connectivity index (χ3n) is 4.53. The van der Waals surface area contributed by atoms with E-state index < -0.39 is 10.0 Å². The number of sulfonamides is 1. The predicted molar refractivity (Wildman–Crippen MR) is 97.5 cm³/mol. The highest BCUT2D eigenvalue weighted by molar-refractivity contribution is 7.90. The van der Waals surface area contributed by atoms with Crippen LogP contribution >= 0.6 is 0 Å². The van der Waals surface area contributed by atoms with Gasteiger partial charge in [0.25, 0.3) is 15.9 Å². The first-order chi connectivity index (χ1) is 11.8. The Labute approximate surface area is 148 Å². The van der Waals surface area contributed by atoms with Crippen LogP contribution in [0, 0.1) is 6.92 Å². The second-order valence-electron chi connectivity index (χ2n) is 6.35. The fourth-order valence-electron chi connectivity index (χ4n) is 2.78. The van der Waals surface area contributed by atoms with Crippen molar-refractivity contribution in [3.8, 4) is 0 Å². The lowest BCUT2D eigenvalue weighted by molar-refractivity contribution is -0.127. The maximum absolute atomic E-state index is 12.8. The molecule has 0 aliphatic carbocycles. The van der Waals surface area contributed by atoms with Gasteiger partial charge in [0.1, 0.15) is 5.84 Å². The number of benzene rings is 1. The lowest BCUT2D eigenvalue weighted by Gasteiger charge is -2.30. The maximum atomic E-state index is 12.8. The largest absolute Gasteiger partial charge is 0.335 e. The van der Waals surface area contributed by atoms with Crippen LogP contribution in [0.15, 0.2) is 52.6 Å². The van der Waals surface area contributed by atoms with Crippen LogP contribution in [0.3, 0.4) is 0 Å². The van der Waals surface area contributed by atoms with Gasteiger partial charge < -0.3 is 9.80 Å². The van der Waals surface area contributed by atoms with E-state index >= 15 is 0 Å². The van der Waals surface area contributed by atoms with Crippen LogP contribution in [0.4, 0.5) is 0 Å². The van der Waals surface area contributed by atoms with Crippen molar-refractivity contribution in [2.75, 3.05) is 19.3 Å². The number of hydrogen-bond acceptors (Lipinski definition) is 4. The molecule has 2 aliphatic rings. The summed E-state index contributed by atoms with van der Waals surface area (Å²) in [6.45, 7) is 4.31. The Morgan fingerprint density at radius 1 is 1.24 bits per heavy atom. The first-order valence-electron chi connectivity index (χ1n) is 8.10. The summed E-state index contributed by atoms with van der Waals surface area (Å²) in [4.78, 5) is 16.2. The quantitative estimate of drug-likeness (QED) is 0.828. The van der Waals surface area contributed by atoms with Gasteiger partial charge in [-0.25, -0.2) is 8.42 Å². The summed E-state index contributed by atoms with van der Waals surface area (Å²) < 4.78 is 26.8. The number of fused-ring (bicyclic) bond motifs is 1. The van der Waals surface area contributed by atoms with Crippen LogP contribution in [0.1, 0.15) is 24.1 Å². The van der Waals surface area contributed by atoms with Crippen LogP contribution in [0.25, 0.3) is 0 Å². The van der Waals surface area contributed by atoms with E-state index in [-0.39, 0.29) is 17.7 Å². The summed E-state index contributed by atoms with van der Waals surface area (Å²) >= 11 is 0. The number of carbonyl (C=O) groups is 1. The molecule has 6 nitrogen and oxygen atoms in total. The standard InChI is InChI=1S/C18H21N3O3S/c1-13-4-6-15(7-5-13)14(2)20(3)18(22)16-8-9-17-19-25(23,24)11-10-21(17)12-16/h4-9,12,14H,10-11H2,1-3H3. The second-order valence-corrected chi connectivity index (χ2v) is 8.10. The van der Waals surface area contributed by atoms with Crippen molar-refractivity contribution in [3.05, 3.63) is 59.3 Å². The Morgan fingerprint density at radius 3 is 2.60 bits per heavy atom. The first kappa shape index (κ1) is 17.4. The summed E-state index contributed by atoms with van der Waals surface area (Å²) in [6, 6.07) is 8.03. The average molecular weight is 359 g/mol. The molecular weight excluding hydrogens is 338 g/mol. The zero-order valence-electron chi connectivity index (χ0n) is 14.5. The number of amides is 1. The van der Waals surface area contributed by atoms with Crippen molar-refractivity contribution in [2.24, 2.45) is 4.40 Å². The number of nitrogens with zero attached hydrogens (tertiary/aromatic N) is 3. The van der Waals surface area contributed by atoms with Crippen LogP contribution in [-0.4, -0.2) is 49.3 Å². The normalized spacial score (nSPS) is 19.6. The molecule has 0 fully saturated rings. The third kappa shape index (κ3) is 3.66. The third-order valence-corrected chi connectivity index (χ3v) is 5.70. The van der Waals surface area contributed by atoms with Crippen LogP contribution in [0.2, 0.25) is 0 Å². The molecular formula is C18H21N3O3S. The van der Waals surface area contributed by atoms with Crippen molar-refractivity contribution in [3.63, 3.8) is 0 Å². The number of likely N-dealkylation sites (N-methyl/N-ethyl adjacent to an activating group) is 1. The van der Waals surface area contributed by atoms with Crippen molar-refractivity contribution >= 4 is 21.8 Å². The summed E-state index contributed by atoms with van der Waals surface area (Å²) in [7, 11) is -1.62. The molecule has 0 saturated carbocycles. The molecule has 1 unspecified atom stereocenters. The van der Waals surface area contributed by atoms with Gasteiger partial charge >= 0.3 is 0 Å². The number of rotatable bonds is 3. The molecule has 1 aromatic rings. The van der Waals surface area contributed by atoms with Crippen molar-refractivity contribution in [1.82, 2.24) is 9.80 Å². The van der Waals surface area contributed by atoms with Crippen molar-refractivity contribution in [2.45, 2.75) is 19.9 Å². The minimum absolute atomic E-state index is 0.0437. The number of carbonyl (C=O) groups excluding carboxylic acids is 1. The molecule has 25 heavy (non-hydrogen) atoms. The maximum Gasteiger partial charge on any atom is 0.256 e. The zero-order valence-corrected chi connectivity index (χ0v) is 15.3. The van der Waals surface area contributed by atoms with E-state index in [0.717, 1.165) is 5.56 Å². The van der Waals surface area contributed by atoms with Gasteiger partial charge in [0.2, 0.25) is 0 Å². The Morgan fingerprint density at radius 2 is 1.92 bits per heavy atom. The molecule has 132 valence electrons. The molecule has 0 spiro atoms. The molecule has 1 atom stereocenters. The Hall–Kier alpha value is -2.41. The number of amidine groups is 1. The molecule has 7 heteroatoms. The molecule has 3 rings (SSSR count). The van der Waals surface area contributed by atoms with Gasteiger partial charge in [0, 0.05) is 19.8 Å². The minimum atomic E-state index is -3.39. The molecule has 0 N–H and O–H groups in total. The molecule has 2 heterocycles. The lowest BCUT2D eigenvalue weighted by Crippen LogP contribution is -2.38. The fraction of sp³-hybridized carbons (Fsp3) is 0.333. The fourth-order valence-corrected chi connectivity index (χ4v) is 3.74. The smallest absolute Gasteiger partial charge is 0.256 e. The van der Waals surface area contributed by atoms with Gasteiger partial charge in [-0.2, -0.15) is 0 Å². The van der Waals surface area contributed by atoms with Gasteiger partial charge in [0.15, 0.2) is 0 Å². The highest BCUT2D eigenvalue weighted by Crippen LogP contribution is 2.23. The van der Waals surface area contributed by atoms with Gasteiger partial charge in [-0.15, -0.1) is 4.40 Å².